The molecule has 90 valence electrons. The van der Waals surface area contributed by atoms with Gasteiger partial charge in [0.25, 0.3) is 0 Å². The highest BCUT2D eigenvalue weighted by atomic mass is 19.4. The van der Waals surface area contributed by atoms with Gasteiger partial charge in [0.1, 0.15) is 5.75 Å². The topological polar surface area (TPSA) is 29.5 Å². The van der Waals surface area contributed by atoms with Crippen molar-refractivity contribution in [2.45, 2.75) is 6.36 Å². The van der Waals surface area contributed by atoms with Gasteiger partial charge >= 0.3 is 13.3 Å². The number of hydrogen-bond donors (Lipinski definition) is 1. The Morgan fingerprint density at radius 2 is 1.69 bits per heavy atom. The molecule has 9 heteroatoms. The molecule has 0 saturated heterocycles. The maximum atomic E-state index is 12.2. The summed E-state index contributed by atoms with van der Waals surface area (Å²) < 4.78 is 74.9. The van der Waals surface area contributed by atoms with Crippen molar-refractivity contribution in [3.8, 4) is 11.5 Å². The molecule has 0 saturated carbocycles. The largest absolute Gasteiger partial charge is 0.573 e. The summed E-state index contributed by atoms with van der Waals surface area (Å²) >= 11 is 0. The average Bonchev–Trinajstić information content (AvgIpc) is 1.97. The number of benzene rings is 1. The first kappa shape index (κ1) is 12.5. The van der Waals surface area contributed by atoms with Gasteiger partial charge in [-0.2, -0.15) is 0 Å². The highest BCUT2D eigenvalue weighted by molar-refractivity contribution is 6.74. The molecule has 1 rings (SSSR count). The molecule has 0 aliphatic heterocycles. The Morgan fingerprint density at radius 1 is 1.12 bits per heavy atom. The van der Waals surface area contributed by atoms with Gasteiger partial charge in [-0.3, -0.25) is 0 Å². The third-order valence-corrected chi connectivity index (χ3v) is 1.59. The molecular weight excluding hydrogens is 241 g/mol. The standard InChI is InChI=1S/C7H4BF6O2/c9-7(10,11)16-4-1-2-5(6(15)3-4)8(12,13)14/h1-3,15H/q-1. The van der Waals surface area contributed by atoms with E-state index in [9.17, 15) is 26.1 Å². The van der Waals surface area contributed by atoms with Gasteiger partial charge in [0, 0.05) is 6.07 Å². The van der Waals surface area contributed by atoms with Crippen LogP contribution in [0.15, 0.2) is 18.2 Å². The van der Waals surface area contributed by atoms with E-state index in [4.69, 9.17) is 5.11 Å². The summed E-state index contributed by atoms with van der Waals surface area (Å²) in [5.74, 6) is -2.21. The van der Waals surface area contributed by atoms with Crippen LogP contribution >= 0.6 is 0 Å². The van der Waals surface area contributed by atoms with Crippen LogP contribution < -0.4 is 10.2 Å². The van der Waals surface area contributed by atoms with Gasteiger partial charge < -0.3 is 22.8 Å². The Kier molecular flexibility index (Phi) is 2.98. The van der Waals surface area contributed by atoms with E-state index in [-0.39, 0.29) is 6.07 Å². The number of phenolic OH excluding ortho intramolecular Hbond substituents is 1. The first-order valence-corrected chi connectivity index (χ1v) is 3.88. The molecule has 0 aliphatic rings. The molecule has 0 unspecified atom stereocenters. The molecule has 2 nitrogen and oxygen atoms in total. The molecule has 16 heavy (non-hydrogen) atoms. The zero-order valence-electron chi connectivity index (χ0n) is 7.43. The van der Waals surface area contributed by atoms with Crippen LogP contribution in [0.1, 0.15) is 0 Å². The Morgan fingerprint density at radius 3 is 2.06 bits per heavy atom. The molecule has 0 bridgehead atoms. The molecule has 0 fully saturated rings. The molecule has 0 spiro atoms. The maximum Gasteiger partial charge on any atom is 0.573 e. The fraction of sp³-hybridized carbons (Fsp3) is 0.143. The van der Waals surface area contributed by atoms with E-state index in [0.29, 0.717) is 12.1 Å². The molecule has 0 atom stereocenters. The number of halogens is 6. The summed E-state index contributed by atoms with van der Waals surface area (Å²) in [5, 5.41) is 8.87. The molecule has 0 radical (unpaired) electrons. The number of aromatic hydroxyl groups is 1. The molecule has 0 amide bonds. The van der Waals surface area contributed by atoms with Gasteiger partial charge in [-0.25, -0.2) is 0 Å². The Labute approximate surface area is 85.5 Å². The number of hydrogen-bond acceptors (Lipinski definition) is 2. The van der Waals surface area contributed by atoms with Crippen molar-refractivity contribution in [3.05, 3.63) is 18.2 Å². The predicted molar refractivity (Wildman–Crippen MR) is 43.5 cm³/mol. The van der Waals surface area contributed by atoms with Crippen LogP contribution in [0.25, 0.3) is 0 Å². The molecule has 1 N–H and O–H groups in total. The fourth-order valence-electron chi connectivity index (χ4n) is 0.997. The van der Waals surface area contributed by atoms with E-state index >= 15 is 0 Å². The Hall–Kier alpha value is -1.54. The van der Waals surface area contributed by atoms with Crippen molar-refractivity contribution in [3.63, 3.8) is 0 Å². The second-order valence-electron chi connectivity index (χ2n) is 2.84. The number of alkyl halides is 3. The van der Waals surface area contributed by atoms with E-state index in [1.165, 1.54) is 0 Å². The summed E-state index contributed by atoms with van der Waals surface area (Å²) in [6.07, 6.45) is -5.02. The van der Waals surface area contributed by atoms with Crippen LogP contribution in [0.3, 0.4) is 0 Å². The highest BCUT2D eigenvalue weighted by Gasteiger charge is 2.33. The lowest BCUT2D eigenvalue weighted by molar-refractivity contribution is -0.274. The smallest absolute Gasteiger partial charge is 0.511 e. The monoisotopic (exact) mass is 245 g/mol. The van der Waals surface area contributed by atoms with E-state index in [1.807, 2.05) is 0 Å². The summed E-state index contributed by atoms with van der Waals surface area (Å²) in [7, 11) is 0. The van der Waals surface area contributed by atoms with Gasteiger partial charge in [-0.15, -0.1) is 13.2 Å². The fourth-order valence-corrected chi connectivity index (χ4v) is 0.997. The van der Waals surface area contributed by atoms with Crippen LogP contribution in [0.5, 0.6) is 11.5 Å². The van der Waals surface area contributed by atoms with Gasteiger partial charge in [-0.05, 0) is 6.07 Å². The van der Waals surface area contributed by atoms with Crippen molar-refractivity contribution >= 4 is 12.4 Å². The van der Waals surface area contributed by atoms with Crippen molar-refractivity contribution < 1.29 is 36.0 Å². The second kappa shape index (κ2) is 3.80. The zero-order valence-corrected chi connectivity index (χ0v) is 7.43. The molecule has 0 aliphatic carbocycles. The van der Waals surface area contributed by atoms with Gasteiger partial charge in [0.05, 0.1) is 5.75 Å². The van der Waals surface area contributed by atoms with E-state index in [1.54, 1.807) is 0 Å². The summed E-state index contributed by atoms with van der Waals surface area (Å²) in [5.41, 5.74) is -1.37. The first-order valence-electron chi connectivity index (χ1n) is 3.88. The third kappa shape index (κ3) is 3.25. The van der Waals surface area contributed by atoms with E-state index in [0.717, 1.165) is 0 Å². The van der Waals surface area contributed by atoms with Gasteiger partial charge in [0.15, 0.2) is 0 Å². The van der Waals surface area contributed by atoms with Gasteiger partial charge in [0.2, 0.25) is 0 Å². The predicted octanol–water partition coefficient (Wildman–Crippen LogP) is 2.35. The number of rotatable bonds is 2. The minimum atomic E-state index is -5.47. The van der Waals surface area contributed by atoms with E-state index < -0.39 is 30.3 Å². The normalized spacial score (nSPS) is 12.6. The summed E-state index contributed by atoms with van der Waals surface area (Å²) in [6, 6.07) is 1.08. The lowest BCUT2D eigenvalue weighted by Gasteiger charge is -2.17. The first-order chi connectivity index (χ1) is 7.09. The van der Waals surface area contributed by atoms with Crippen molar-refractivity contribution in [2.75, 3.05) is 0 Å². The SMILES string of the molecule is Oc1cc(OC(F)(F)F)ccc1[B-](F)(F)F. The molecular formula is C7H4BF6O2-. The Balaban J connectivity index is 3.01. The minimum Gasteiger partial charge on any atom is -0.511 e. The lowest BCUT2D eigenvalue weighted by Crippen LogP contribution is -2.34. The molecule has 1 aromatic rings. The number of phenols is 1. The molecule has 0 aromatic heterocycles. The van der Waals surface area contributed by atoms with Crippen molar-refractivity contribution in [1.29, 1.82) is 0 Å². The lowest BCUT2D eigenvalue weighted by atomic mass is 9.79. The highest BCUT2D eigenvalue weighted by Crippen LogP contribution is 2.26. The van der Waals surface area contributed by atoms with Gasteiger partial charge in [-0.1, -0.05) is 11.5 Å². The molecule has 0 heterocycles. The number of ether oxygens (including phenoxy) is 1. The van der Waals surface area contributed by atoms with E-state index in [2.05, 4.69) is 4.74 Å². The van der Waals surface area contributed by atoms with Crippen LogP contribution in [0.2, 0.25) is 0 Å². The maximum absolute atomic E-state index is 12.2. The van der Waals surface area contributed by atoms with Crippen LogP contribution in [0, 0.1) is 0 Å². The second-order valence-corrected chi connectivity index (χ2v) is 2.84. The van der Waals surface area contributed by atoms with Crippen LogP contribution in [-0.4, -0.2) is 18.4 Å². The summed E-state index contributed by atoms with van der Waals surface area (Å²) in [4.78, 5) is 0. The van der Waals surface area contributed by atoms with Crippen LogP contribution in [-0.2, 0) is 0 Å². The quantitative estimate of drug-likeness (QED) is 0.640. The third-order valence-electron chi connectivity index (χ3n) is 1.59. The zero-order chi connectivity index (χ0) is 12.6. The Bertz CT molecular complexity index is 385. The minimum absolute atomic E-state index is 0.262. The molecule has 1 aromatic carbocycles. The summed E-state index contributed by atoms with van der Waals surface area (Å²) in [6.45, 7) is -5.47. The van der Waals surface area contributed by atoms with Crippen molar-refractivity contribution in [2.24, 2.45) is 0 Å². The van der Waals surface area contributed by atoms with Crippen LogP contribution in [0.4, 0.5) is 26.1 Å². The average molecular weight is 245 g/mol. The van der Waals surface area contributed by atoms with Crippen molar-refractivity contribution in [1.82, 2.24) is 0 Å².